The number of aldehydes is 1. The minimum Gasteiger partial charge on any atom is -0.301 e. The summed E-state index contributed by atoms with van der Waals surface area (Å²) in [5, 5.41) is 6.50. The zero-order chi connectivity index (χ0) is 11.7. The van der Waals surface area contributed by atoms with E-state index < -0.39 is 0 Å². The maximum Gasteiger partial charge on any atom is 0.144 e. The SMILES string of the molecule is C=Cc1nn(N2CCC[C@H]2C=O)c(C)c1C. The van der Waals surface area contributed by atoms with Crippen LogP contribution in [0.4, 0.5) is 0 Å². The molecular formula is C12H17N3O. The molecule has 0 radical (unpaired) electrons. The molecule has 0 saturated carbocycles. The molecule has 0 bridgehead atoms. The molecule has 1 aromatic heterocycles. The number of rotatable bonds is 3. The Labute approximate surface area is 95.5 Å². The lowest BCUT2D eigenvalue weighted by atomic mass is 10.2. The maximum atomic E-state index is 11.0. The largest absolute Gasteiger partial charge is 0.301 e. The van der Waals surface area contributed by atoms with Crippen molar-refractivity contribution in [3.8, 4) is 0 Å². The van der Waals surface area contributed by atoms with Crippen molar-refractivity contribution in [3.05, 3.63) is 23.5 Å². The highest BCUT2D eigenvalue weighted by molar-refractivity contribution is 5.61. The lowest BCUT2D eigenvalue weighted by Crippen LogP contribution is -2.41. The zero-order valence-corrected chi connectivity index (χ0v) is 9.81. The molecule has 86 valence electrons. The molecule has 0 N–H and O–H groups in total. The van der Waals surface area contributed by atoms with E-state index in [0.29, 0.717) is 0 Å². The predicted octanol–water partition coefficient (Wildman–Crippen LogP) is 1.44. The predicted molar refractivity (Wildman–Crippen MR) is 64.0 cm³/mol. The van der Waals surface area contributed by atoms with E-state index >= 15 is 0 Å². The van der Waals surface area contributed by atoms with Gasteiger partial charge in [0.15, 0.2) is 0 Å². The molecule has 0 amide bonds. The van der Waals surface area contributed by atoms with Crippen molar-refractivity contribution in [2.75, 3.05) is 11.6 Å². The van der Waals surface area contributed by atoms with Gasteiger partial charge in [0, 0.05) is 6.54 Å². The Morgan fingerprint density at radius 3 is 2.81 bits per heavy atom. The molecule has 1 aromatic rings. The minimum absolute atomic E-state index is 0.0318. The van der Waals surface area contributed by atoms with Gasteiger partial charge in [-0.25, -0.2) is 0 Å². The lowest BCUT2D eigenvalue weighted by molar-refractivity contribution is -0.109. The Kier molecular flexibility index (Phi) is 2.81. The summed E-state index contributed by atoms with van der Waals surface area (Å²) in [5.41, 5.74) is 3.12. The third-order valence-electron chi connectivity index (χ3n) is 3.29. The summed E-state index contributed by atoms with van der Waals surface area (Å²) in [6.07, 6.45) is 4.73. The molecule has 1 saturated heterocycles. The Morgan fingerprint density at radius 2 is 2.25 bits per heavy atom. The van der Waals surface area contributed by atoms with Crippen LogP contribution in [0.25, 0.3) is 6.08 Å². The van der Waals surface area contributed by atoms with E-state index in [1.807, 2.05) is 23.6 Å². The third-order valence-corrected chi connectivity index (χ3v) is 3.29. The van der Waals surface area contributed by atoms with Crippen LogP contribution in [0.2, 0.25) is 0 Å². The molecule has 16 heavy (non-hydrogen) atoms. The van der Waals surface area contributed by atoms with E-state index in [1.54, 1.807) is 6.08 Å². The summed E-state index contributed by atoms with van der Waals surface area (Å²) in [6, 6.07) is -0.0318. The van der Waals surface area contributed by atoms with Gasteiger partial charge in [0.25, 0.3) is 0 Å². The topological polar surface area (TPSA) is 38.1 Å². The van der Waals surface area contributed by atoms with Crippen LogP contribution >= 0.6 is 0 Å². The van der Waals surface area contributed by atoms with E-state index in [1.165, 1.54) is 0 Å². The van der Waals surface area contributed by atoms with E-state index in [0.717, 1.165) is 42.6 Å². The van der Waals surface area contributed by atoms with Gasteiger partial charge in [-0.15, -0.1) is 0 Å². The van der Waals surface area contributed by atoms with Gasteiger partial charge in [-0.2, -0.15) is 9.89 Å². The van der Waals surface area contributed by atoms with Gasteiger partial charge in [-0.05, 0) is 38.3 Å². The van der Waals surface area contributed by atoms with Gasteiger partial charge < -0.3 is 4.79 Å². The molecule has 1 aliphatic rings. The van der Waals surface area contributed by atoms with Crippen LogP contribution in [0.15, 0.2) is 6.58 Å². The summed E-state index contributed by atoms with van der Waals surface area (Å²) in [7, 11) is 0. The molecule has 4 nitrogen and oxygen atoms in total. The normalized spacial score (nSPS) is 20.1. The summed E-state index contributed by atoms with van der Waals surface area (Å²) >= 11 is 0. The maximum absolute atomic E-state index is 11.0. The fraction of sp³-hybridized carbons (Fsp3) is 0.500. The first-order valence-corrected chi connectivity index (χ1v) is 5.60. The van der Waals surface area contributed by atoms with Crippen LogP contribution in [0.1, 0.15) is 29.8 Å². The van der Waals surface area contributed by atoms with Gasteiger partial charge in [0.1, 0.15) is 12.3 Å². The van der Waals surface area contributed by atoms with Crippen LogP contribution in [-0.4, -0.2) is 28.8 Å². The number of aromatic nitrogens is 2. The third kappa shape index (κ3) is 1.54. The van der Waals surface area contributed by atoms with Crippen molar-refractivity contribution < 1.29 is 4.79 Å². The van der Waals surface area contributed by atoms with Gasteiger partial charge in [-0.3, -0.25) is 5.01 Å². The fourth-order valence-corrected chi connectivity index (χ4v) is 2.18. The highest BCUT2D eigenvalue weighted by Crippen LogP contribution is 2.19. The Bertz CT molecular complexity index is 422. The molecule has 1 fully saturated rings. The zero-order valence-electron chi connectivity index (χ0n) is 9.81. The summed E-state index contributed by atoms with van der Waals surface area (Å²) in [6.45, 7) is 8.69. The van der Waals surface area contributed by atoms with Gasteiger partial charge >= 0.3 is 0 Å². The molecule has 0 spiro atoms. The number of hydrogen-bond acceptors (Lipinski definition) is 3. The number of carbonyl (C=O) groups is 1. The molecule has 0 unspecified atom stereocenters. The quantitative estimate of drug-likeness (QED) is 0.722. The smallest absolute Gasteiger partial charge is 0.144 e. The highest BCUT2D eigenvalue weighted by atomic mass is 16.1. The second-order valence-electron chi connectivity index (χ2n) is 4.20. The van der Waals surface area contributed by atoms with Gasteiger partial charge in [-0.1, -0.05) is 6.58 Å². The first kappa shape index (κ1) is 10.9. The van der Waals surface area contributed by atoms with Crippen molar-refractivity contribution in [1.29, 1.82) is 0 Å². The van der Waals surface area contributed by atoms with Crippen LogP contribution < -0.4 is 5.01 Å². The Hall–Kier alpha value is -1.58. The van der Waals surface area contributed by atoms with Crippen molar-refractivity contribution in [1.82, 2.24) is 9.89 Å². The van der Waals surface area contributed by atoms with Crippen molar-refractivity contribution in [2.24, 2.45) is 0 Å². The van der Waals surface area contributed by atoms with Gasteiger partial charge in [0.2, 0.25) is 0 Å². The fourth-order valence-electron chi connectivity index (χ4n) is 2.18. The van der Waals surface area contributed by atoms with Crippen molar-refractivity contribution in [3.63, 3.8) is 0 Å². The molecule has 1 atom stereocenters. The summed E-state index contributed by atoms with van der Waals surface area (Å²) in [4.78, 5) is 12.8. The molecule has 2 heterocycles. The van der Waals surface area contributed by atoms with Crippen LogP contribution in [0.3, 0.4) is 0 Å². The number of nitrogens with zero attached hydrogens (tertiary/aromatic N) is 3. The van der Waals surface area contributed by atoms with E-state index in [9.17, 15) is 4.79 Å². The van der Waals surface area contributed by atoms with Crippen LogP contribution in [-0.2, 0) is 4.79 Å². The van der Waals surface area contributed by atoms with E-state index in [4.69, 9.17) is 0 Å². The van der Waals surface area contributed by atoms with Crippen LogP contribution in [0.5, 0.6) is 0 Å². The minimum atomic E-state index is -0.0318. The molecule has 0 aliphatic carbocycles. The second kappa shape index (κ2) is 4.12. The number of carbonyl (C=O) groups excluding carboxylic acids is 1. The van der Waals surface area contributed by atoms with Crippen molar-refractivity contribution in [2.45, 2.75) is 32.7 Å². The monoisotopic (exact) mass is 219 g/mol. The molecule has 1 aliphatic heterocycles. The Balaban J connectivity index is 2.40. The average Bonchev–Trinajstić information content (AvgIpc) is 2.86. The first-order chi connectivity index (χ1) is 7.69. The summed E-state index contributed by atoms with van der Waals surface area (Å²) < 4.78 is 0. The summed E-state index contributed by atoms with van der Waals surface area (Å²) in [5.74, 6) is 0. The molecule has 0 aromatic carbocycles. The standard InChI is InChI=1S/C12H17N3O/c1-4-12-9(2)10(3)15(13-12)14-7-5-6-11(14)8-16/h4,8,11H,1,5-7H2,2-3H3/t11-/m0/s1. The van der Waals surface area contributed by atoms with E-state index in [2.05, 4.69) is 11.7 Å². The highest BCUT2D eigenvalue weighted by Gasteiger charge is 2.26. The number of hydrogen-bond donors (Lipinski definition) is 0. The van der Waals surface area contributed by atoms with E-state index in [-0.39, 0.29) is 6.04 Å². The Morgan fingerprint density at radius 1 is 1.50 bits per heavy atom. The van der Waals surface area contributed by atoms with Crippen LogP contribution in [0, 0.1) is 13.8 Å². The second-order valence-corrected chi connectivity index (χ2v) is 4.20. The molecular weight excluding hydrogens is 202 g/mol. The molecule has 4 heteroatoms. The molecule has 2 rings (SSSR count). The average molecular weight is 219 g/mol. The van der Waals surface area contributed by atoms with Gasteiger partial charge in [0.05, 0.1) is 11.4 Å². The first-order valence-electron chi connectivity index (χ1n) is 5.60. The lowest BCUT2D eigenvalue weighted by Gasteiger charge is -2.23. The van der Waals surface area contributed by atoms with Crippen molar-refractivity contribution >= 4 is 12.4 Å².